The van der Waals surface area contributed by atoms with Crippen LogP contribution in [0.3, 0.4) is 0 Å². The van der Waals surface area contributed by atoms with Crippen LogP contribution in [-0.4, -0.2) is 59.9 Å². The minimum absolute atomic E-state index is 0.0404. The van der Waals surface area contributed by atoms with Gasteiger partial charge in [-0.05, 0) is 23.3 Å². The number of nitrogens with one attached hydrogen (secondary N) is 1. The Kier molecular flexibility index (Phi) is 7.19. The van der Waals surface area contributed by atoms with E-state index >= 15 is 0 Å². The van der Waals surface area contributed by atoms with Crippen LogP contribution in [0.4, 0.5) is 5.13 Å². The molecule has 1 saturated heterocycles. The quantitative estimate of drug-likeness (QED) is 0.372. The molecule has 36 heavy (non-hydrogen) atoms. The van der Waals surface area contributed by atoms with Crippen LogP contribution in [-0.2, 0) is 10.0 Å². The maximum Gasteiger partial charge on any atom is 0.272 e. The molecule has 1 aromatic heterocycles. The van der Waals surface area contributed by atoms with Crippen molar-refractivity contribution in [3.63, 3.8) is 0 Å². The number of rotatable bonds is 7. The second-order valence-electron chi connectivity index (χ2n) is 8.36. The van der Waals surface area contributed by atoms with E-state index in [4.69, 9.17) is 0 Å². The lowest BCUT2D eigenvalue weighted by molar-refractivity contribution is 0.102. The van der Waals surface area contributed by atoms with Gasteiger partial charge in [-0.3, -0.25) is 15.0 Å². The van der Waals surface area contributed by atoms with Crippen molar-refractivity contribution in [2.75, 3.05) is 31.5 Å². The molecule has 0 atom stereocenters. The predicted molar refractivity (Wildman–Crippen MR) is 139 cm³/mol. The molecular weight excluding hydrogens is 494 g/mol. The van der Waals surface area contributed by atoms with Crippen molar-refractivity contribution in [3.05, 3.63) is 108 Å². The fourth-order valence-electron chi connectivity index (χ4n) is 4.32. The Morgan fingerprint density at radius 3 is 1.86 bits per heavy atom. The molecule has 1 fully saturated rings. The van der Waals surface area contributed by atoms with Crippen LogP contribution in [0.25, 0.3) is 0 Å². The Labute approximate surface area is 214 Å². The fourth-order valence-corrected chi connectivity index (χ4v) is 6.78. The summed E-state index contributed by atoms with van der Waals surface area (Å²) in [5, 5.41) is 10.5. The first-order valence-corrected chi connectivity index (χ1v) is 13.8. The van der Waals surface area contributed by atoms with Gasteiger partial charge in [-0.2, -0.15) is 4.31 Å². The molecule has 0 aliphatic carbocycles. The second kappa shape index (κ2) is 10.7. The molecule has 0 saturated carbocycles. The number of piperazine rings is 1. The van der Waals surface area contributed by atoms with Crippen LogP contribution in [0.5, 0.6) is 0 Å². The zero-order valence-corrected chi connectivity index (χ0v) is 21.0. The van der Waals surface area contributed by atoms with Gasteiger partial charge in [0.15, 0.2) is 0 Å². The van der Waals surface area contributed by atoms with E-state index in [9.17, 15) is 13.2 Å². The summed E-state index contributed by atoms with van der Waals surface area (Å²) in [6.07, 6.45) is 0. The van der Waals surface area contributed by atoms with Crippen molar-refractivity contribution in [1.82, 2.24) is 19.4 Å². The minimum atomic E-state index is -3.82. The number of sulfonamides is 1. The summed E-state index contributed by atoms with van der Waals surface area (Å²) in [6.45, 7) is 1.82. The van der Waals surface area contributed by atoms with Gasteiger partial charge in [0.2, 0.25) is 9.47 Å². The molecule has 4 aromatic rings. The maximum atomic E-state index is 13.3. The van der Waals surface area contributed by atoms with Gasteiger partial charge >= 0.3 is 0 Å². The van der Waals surface area contributed by atoms with E-state index in [0.29, 0.717) is 31.7 Å². The molecular formula is C26H25N5O3S2. The normalized spacial score (nSPS) is 15.1. The first-order chi connectivity index (χ1) is 17.5. The third-order valence-corrected chi connectivity index (χ3v) is 9.18. The SMILES string of the molecule is O=C(Nc1nnc(S(=O)(=O)N2CCN(C(c3ccccc3)c3ccccc3)CC2)s1)c1ccccc1. The zero-order valence-electron chi connectivity index (χ0n) is 19.4. The number of hydrogen-bond acceptors (Lipinski definition) is 7. The summed E-state index contributed by atoms with van der Waals surface area (Å²) in [5.41, 5.74) is 2.80. The highest BCUT2D eigenvalue weighted by atomic mass is 32.2. The Balaban J connectivity index is 1.28. The summed E-state index contributed by atoms with van der Waals surface area (Å²) in [7, 11) is -3.82. The van der Waals surface area contributed by atoms with Gasteiger partial charge in [-0.15, -0.1) is 10.2 Å². The number of nitrogens with zero attached hydrogens (tertiary/aromatic N) is 4. The third kappa shape index (κ3) is 5.21. The summed E-state index contributed by atoms with van der Waals surface area (Å²) in [5.74, 6) is -0.364. The van der Waals surface area contributed by atoms with Crippen LogP contribution in [0, 0.1) is 0 Å². The molecule has 0 bridgehead atoms. The average molecular weight is 520 g/mol. The smallest absolute Gasteiger partial charge is 0.272 e. The number of hydrogen-bond donors (Lipinski definition) is 1. The number of amides is 1. The largest absolute Gasteiger partial charge is 0.296 e. The minimum Gasteiger partial charge on any atom is -0.296 e. The zero-order chi connectivity index (χ0) is 25.0. The van der Waals surface area contributed by atoms with Gasteiger partial charge in [0, 0.05) is 31.7 Å². The van der Waals surface area contributed by atoms with Gasteiger partial charge in [-0.25, -0.2) is 8.42 Å². The summed E-state index contributed by atoms with van der Waals surface area (Å²) < 4.78 is 27.9. The average Bonchev–Trinajstić information content (AvgIpc) is 3.40. The lowest BCUT2D eigenvalue weighted by Crippen LogP contribution is -2.49. The number of carbonyl (C=O) groups excluding carboxylic acids is 1. The highest BCUT2D eigenvalue weighted by Gasteiger charge is 2.34. The van der Waals surface area contributed by atoms with Gasteiger partial charge in [-0.1, -0.05) is 90.2 Å². The number of anilines is 1. The number of carbonyl (C=O) groups is 1. The van der Waals surface area contributed by atoms with E-state index < -0.39 is 10.0 Å². The van der Waals surface area contributed by atoms with Crippen molar-refractivity contribution in [3.8, 4) is 0 Å². The second-order valence-corrected chi connectivity index (χ2v) is 11.4. The molecule has 184 valence electrons. The topological polar surface area (TPSA) is 95.5 Å². The molecule has 5 rings (SSSR count). The molecule has 0 unspecified atom stereocenters. The summed E-state index contributed by atoms with van der Waals surface area (Å²) in [4.78, 5) is 14.7. The maximum absolute atomic E-state index is 13.3. The molecule has 10 heteroatoms. The monoisotopic (exact) mass is 519 g/mol. The van der Waals surface area contributed by atoms with Gasteiger partial charge < -0.3 is 0 Å². The van der Waals surface area contributed by atoms with E-state index in [1.807, 2.05) is 42.5 Å². The first kappa shape index (κ1) is 24.3. The molecule has 1 N–H and O–H groups in total. The first-order valence-electron chi connectivity index (χ1n) is 11.6. The van der Waals surface area contributed by atoms with Crippen molar-refractivity contribution < 1.29 is 13.2 Å². The number of aromatic nitrogens is 2. The van der Waals surface area contributed by atoms with Crippen molar-refractivity contribution in [2.45, 2.75) is 10.4 Å². The molecule has 2 heterocycles. The van der Waals surface area contributed by atoms with E-state index in [1.165, 1.54) is 15.4 Å². The molecule has 1 aliphatic rings. The Bertz CT molecular complexity index is 1370. The lowest BCUT2D eigenvalue weighted by Gasteiger charge is -2.38. The molecule has 0 spiro atoms. The highest BCUT2D eigenvalue weighted by Crippen LogP contribution is 2.31. The van der Waals surface area contributed by atoms with Crippen LogP contribution in [0.15, 0.2) is 95.3 Å². The standard InChI is InChI=1S/C26H25N5O3S2/c32-24(22-14-8-3-9-15-22)27-25-28-29-26(35-25)36(33,34)31-18-16-30(17-19-31)23(20-10-4-1-5-11-20)21-12-6-2-7-13-21/h1-15,23H,16-19H2,(H,27,28,32). The number of benzene rings is 3. The van der Waals surface area contributed by atoms with Crippen LogP contribution in [0.2, 0.25) is 0 Å². The van der Waals surface area contributed by atoms with Crippen LogP contribution in [0.1, 0.15) is 27.5 Å². The van der Waals surface area contributed by atoms with E-state index in [2.05, 4.69) is 44.7 Å². The van der Waals surface area contributed by atoms with E-state index in [1.54, 1.807) is 24.3 Å². The molecule has 1 aliphatic heterocycles. The van der Waals surface area contributed by atoms with E-state index in [-0.39, 0.29) is 21.4 Å². The lowest BCUT2D eigenvalue weighted by atomic mass is 9.96. The molecule has 3 aromatic carbocycles. The van der Waals surface area contributed by atoms with Crippen LogP contribution < -0.4 is 5.32 Å². The van der Waals surface area contributed by atoms with Crippen molar-refractivity contribution >= 4 is 32.4 Å². The van der Waals surface area contributed by atoms with Crippen molar-refractivity contribution in [1.29, 1.82) is 0 Å². The summed E-state index contributed by atoms with van der Waals surface area (Å²) >= 11 is 0.860. The predicted octanol–water partition coefficient (Wildman–Crippen LogP) is 3.89. The molecule has 0 radical (unpaired) electrons. The van der Waals surface area contributed by atoms with Gasteiger partial charge in [0.1, 0.15) is 0 Å². The fraction of sp³-hybridized carbons (Fsp3) is 0.192. The third-order valence-electron chi connectivity index (χ3n) is 6.09. The van der Waals surface area contributed by atoms with Crippen molar-refractivity contribution in [2.24, 2.45) is 0 Å². The molecule has 1 amide bonds. The Hall–Kier alpha value is -3.44. The molecule has 8 nitrogen and oxygen atoms in total. The summed E-state index contributed by atoms with van der Waals surface area (Å²) in [6, 6.07) is 29.2. The highest BCUT2D eigenvalue weighted by molar-refractivity contribution is 7.91. The Morgan fingerprint density at radius 1 is 0.778 bits per heavy atom. The van der Waals surface area contributed by atoms with Crippen LogP contribution >= 0.6 is 11.3 Å². The van der Waals surface area contributed by atoms with Gasteiger partial charge in [0.25, 0.3) is 15.9 Å². The Morgan fingerprint density at radius 2 is 1.31 bits per heavy atom. The van der Waals surface area contributed by atoms with E-state index in [0.717, 1.165) is 11.3 Å². The van der Waals surface area contributed by atoms with Gasteiger partial charge in [0.05, 0.1) is 6.04 Å².